The van der Waals surface area contributed by atoms with E-state index in [0.29, 0.717) is 24.7 Å². The average Bonchev–Trinajstić information content (AvgIpc) is 2.92. The molecule has 158 valence electrons. The molecule has 0 unspecified atom stereocenters. The number of benzene rings is 2. The molecule has 0 amide bonds. The number of hydrogen-bond donors (Lipinski definition) is 1. The van der Waals surface area contributed by atoms with Gasteiger partial charge in [0.1, 0.15) is 16.5 Å². The summed E-state index contributed by atoms with van der Waals surface area (Å²) in [6.07, 6.45) is 3.48. The normalized spacial score (nSPS) is 16.4. The first-order chi connectivity index (χ1) is 13.6. The van der Waals surface area contributed by atoms with Gasteiger partial charge in [-0.3, -0.25) is 4.72 Å². The Morgan fingerprint density at radius 1 is 0.862 bits per heavy atom. The first-order valence-electron chi connectivity index (χ1n) is 9.20. The lowest BCUT2D eigenvalue weighted by molar-refractivity contribution is 0.423. The van der Waals surface area contributed by atoms with Crippen molar-refractivity contribution in [3.05, 3.63) is 53.6 Å². The summed E-state index contributed by atoms with van der Waals surface area (Å²) in [6, 6.07) is 6.24. The predicted octanol–water partition coefficient (Wildman–Crippen LogP) is 3.64. The number of aryl methyl sites for hydroxylation is 1. The third kappa shape index (κ3) is 4.76. The molecule has 1 aliphatic rings. The Hall–Kier alpha value is -2.04. The molecule has 0 aliphatic carbocycles. The molecule has 0 spiro atoms. The van der Waals surface area contributed by atoms with E-state index in [1.807, 2.05) is 0 Å². The van der Waals surface area contributed by atoms with Gasteiger partial charge in [0.15, 0.2) is 0 Å². The molecule has 0 bridgehead atoms. The van der Waals surface area contributed by atoms with Crippen molar-refractivity contribution in [2.45, 2.75) is 42.4 Å². The molecule has 10 heteroatoms. The SMILES string of the molecule is Cc1ccc(NS(=O)(=O)c2ccc(F)cc2F)cc1S(=O)(=O)N1CCCCCC1. The van der Waals surface area contributed by atoms with Crippen LogP contribution in [0, 0.1) is 18.6 Å². The lowest BCUT2D eigenvalue weighted by atomic mass is 10.2. The molecule has 2 aromatic rings. The van der Waals surface area contributed by atoms with Crippen LogP contribution in [-0.4, -0.2) is 34.2 Å². The zero-order chi connectivity index (χ0) is 21.2. The number of rotatable bonds is 5. The lowest BCUT2D eigenvalue weighted by Gasteiger charge is -2.21. The molecule has 1 N–H and O–H groups in total. The van der Waals surface area contributed by atoms with E-state index in [4.69, 9.17) is 0 Å². The maximum Gasteiger partial charge on any atom is 0.264 e. The molecule has 1 fully saturated rings. The van der Waals surface area contributed by atoms with Crippen molar-refractivity contribution in [3.8, 4) is 0 Å². The number of halogens is 2. The average molecular weight is 445 g/mol. The molecule has 0 aromatic heterocycles. The van der Waals surface area contributed by atoms with Gasteiger partial charge in [-0.2, -0.15) is 4.31 Å². The Morgan fingerprint density at radius 3 is 2.14 bits per heavy atom. The third-order valence-corrected chi connectivity index (χ3v) is 8.26. The van der Waals surface area contributed by atoms with Gasteiger partial charge in [0.2, 0.25) is 10.0 Å². The minimum atomic E-state index is -4.37. The van der Waals surface area contributed by atoms with E-state index in [0.717, 1.165) is 37.8 Å². The van der Waals surface area contributed by atoms with Crippen LogP contribution in [0.25, 0.3) is 0 Å². The number of nitrogens with one attached hydrogen (secondary N) is 1. The summed E-state index contributed by atoms with van der Waals surface area (Å²) >= 11 is 0. The number of nitrogens with zero attached hydrogens (tertiary/aromatic N) is 1. The quantitative estimate of drug-likeness (QED) is 0.763. The molecule has 0 radical (unpaired) electrons. The Bertz CT molecular complexity index is 1110. The standard InChI is InChI=1S/C19H22F2N2O4S2/c1-14-6-8-16(22-28(24,25)18-9-7-15(20)12-17(18)21)13-19(14)29(26,27)23-10-4-2-3-5-11-23/h6-9,12-13,22H,2-5,10-11H2,1H3. The molecule has 1 heterocycles. The Labute approximate surface area is 169 Å². The molecule has 1 aliphatic heterocycles. The molecular formula is C19H22F2N2O4S2. The van der Waals surface area contributed by atoms with Gasteiger partial charge in [-0.05, 0) is 49.6 Å². The predicted molar refractivity (Wildman–Crippen MR) is 106 cm³/mol. The van der Waals surface area contributed by atoms with E-state index in [2.05, 4.69) is 4.72 Å². The van der Waals surface area contributed by atoms with Gasteiger partial charge < -0.3 is 0 Å². The maximum atomic E-state index is 13.9. The highest BCUT2D eigenvalue weighted by Gasteiger charge is 2.28. The van der Waals surface area contributed by atoms with Crippen molar-refractivity contribution in [2.24, 2.45) is 0 Å². The fourth-order valence-electron chi connectivity index (χ4n) is 3.27. The smallest absolute Gasteiger partial charge is 0.264 e. The van der Waals surface area contributed by atoms with Crippen LogP contribution in [0.4, 0.5) is 14.5 Å². The van der Waals surface area contributed by atoms with Gasteiger partial charge in [0.05, 0.1) is 10.6 Å². The molecule has 1 saturated heterocycles. The lowest BCUT2D eigenvalue weighted by Crippen LogP contribution is -2.32. The maximum absolute atomic E-state index is 13.9. The van der Waals surface area contributed by atoms with Gasteiger partial charge in [-0.1, -0.05) is 18.9 Å². The van der Waals surface area contributed by atoms with Crippen LogP contribution in [0.1, 0.15) is 31.2 Å². The summed E-state index contributed by atoms with van der Waals surface area (Å²) in [6.45, 7) is 2.46. The van der Waals surface area contributed by atoms with Crippen LogP contribution >= 0.6 is 0 Å². The van der Waals surface area contributed by atoms with Crippen LogP contribution in [-0.2, 0) is 20.0 Å². The Kier molecular flexibility index (Phi) is 6.25. The second-order valence-corrected chi connectivity index (χ2v) is 10.5. The number of hydrogen-bond acceptors (Lipinski definition) is 4. The highest BCUT2D eigenvalue weighted by atomic mass is 32.2. The van der Waals surface area contributed by atoms with E-state index in [1.54, 1.807) is 6.92 Å². The van der Waals surface area contributed by atoms with Gasteiger partial charge in [-0.15, -0.1) is 0 Å². The highest BCUT2D eigenvalue weighted by molar-refractivity contribution is 7.92. The van der Waals surface area contributed by atoms with Crippen LogP contribution in [0.15, 0.2) is 46.2 Å². The van der Waals surface area contributed by atoms with Gasteiger partial charge >= 0.3 is 0 Å². The molecule has 29 heavy (non-hydrogen) atoms. The van der Waals surface area contributed by atoms with Gasteiger partial charge in [0, 0.05) is 19.2 Å². The summed E-state index contributed by atoms with van der Waals surface area (Å²) in [5.74, 6) is -2.13. The molecule has 3 rings (SSSR count). The first-order valence-corrected chi connectivity index (χ1v) is 12.1. The second kappa shape index (κ2) is 8.37. The van der Waals surface area contributed by atoms with Crippen molar-refractivity contribution in [2.75, 3.05) is 17.8 Å². The van der Waals surface area contributed by atoms with E-state index in [1.165, 1.54) is 22.5 Å². The molecule has 0 atom stereocenters. The molecule has 0 saturated carbocycles. The van der Waals surface area contributed by atoms with Crippen LogP contribution in [0.2, 0.25) is 0 Å². The van der Waals surface area contributed by atoms with Crippen LogP contribution < -0.4 is 4.72 Å². The van der Waals surface area contributed by atoms with Gasteiger partial charge in [0.25, 0.3) is 10.0 Å². The molecular weight excluding hydrogens is 422 g/mol. The summed E-state index contributed by atoms with van der Waals surface area (Å²) in [5.41, 5.74) is 0.456. The fourth-order valence-corrected chi connectivity index (χ4v) is 6.14. The summed E-state index contributed by atoms with van der Waals surface area (Å²) in [5, 5.41) is 0. The summed E-state index contributed by atoms with van der Waals surface area (Å²) in [4.78, 5) is -0.726. The van der Waals surface area contributed by atoms with Crippen LogP contribution in [0.5, 0.6) is 0 Å². The van der Waals surface area contributed by atoms with Crippen molar-refractivity contribution in [1.82, 2.24) is 4.31 Å². The number of anilines is 1. The zero-order valence-corrected chi connectivity index (χ0v) is 17.5. The van der Waals surface area contributed by atoms with Crippen molar-refractivity contribution < 1.29 is 25.6 Å². The van der Waals surface area contributed by atoms with Crippen molar-refractivity contribution in [3.63, 3.8) is 0 Å². The summed E-state index contributed by atoms with van der Waals surface area (Å²) in [7, 11) is -8.16. The third-order valence-electron chi connectivity index (χ3n) is 4.81. The minimum Gasteiger partial charge on any atom is -0.279 e. The minimum absolute atomic E-state index is 0.000761. The van der Waals surface area contributed by atoms with E-state index in [9.17, 15) is 25.6 Å². The second-order valence-electron chi connectivity index (χ2n) is 6.98. The zero-order valence-electron chi connectivity index (χ0n) is 15.9. The van der Waals surface area contributed by atoms with Crippen LogP contribution in [0.3, 0.4) is 0 Å². The first kappa shape index (κ1) is 21.7. The van der Waals surface area contributed by atoms with Gasteiger partial charge in [-0.25, -0.2) is 25.6 Å². The topological polar surface area (TPSA) is 83.5 Å². The molecule has 2 aromatic carbocycles. The van der Waals surface area contributed by atoms with E-state index in [-0.39, 0.29) is 10.6 Å². The Morgan fingerprint density at radius 2 is 1.52 bits per heavy atom. The van der Waals surface area contributed by atoms with Crippen molar-refractivity contribution in [1.29, 1.82) is 0 Å². The monoisotopic (exact) mass is 444 g/mol. The molecule has 6 nitrogen and oxygen atoms in total. The van der Waals surface area contributed by atoms with E-state index >= 15 is 0 Å². The fraction of sp³-hybridized carbons (Fsp3) is 0.368. The number of sulfonamides is 2. The largest absolute Gasteiger partial charge is 0.279 e. The highest BCUT2D eigenvalue weighted by Crippen LogP contribution is 2.27. The summed E-state index contributed by atoms with van der Waals surface area (Å²) < 4.78 is 81.7. The Balaban J connectivity index is 1.94. The van der Waals surface area contributed by atoms with E-state index < -0.39 is 36.6 Å². The van der Waals surface area contributed by atoms with Crippen molar-refractivity contribution >= 4 is 25.7 Å².